The van der Waals surface area contributed by atoms with Crippen molar-refractivity contribution in [2.75, 3.05) is 18.5 Å². The molecule has 0 fully saturated rings. The zero-order valence-electron chi connectivity index (χ0n) is 12.5. The first kappa shape index (κ1) is 14.8. The minimum atomic E-state index is -0.176. The van der Waals surface area contributed by atoms with Crippen molar-refractivity contribution in [3.63, 3.8) is 0 Å². The Morgan fingerprint density at radius 1 is 1.35 bits per heavy atom. The third-order valence-corrected chi connectivity index (χ3v) is 3.56. The quantitative estimate of drug-likeness (QED) is 0.836. The molecule has 0 saturated heterocycles. The van der Waals surface area contributed by atoms with Crippen LogP contribution in [0.1, 0.15) is 43.8 Å². The number of fused-ring (bicyclic) bond motifs is 1. The highest BCUT2D eigenvalue weighted by Gasteiger charge is 2.19. The summed E-state index contributed by atoms with van der Waals surface area (Å²) in [5.41, 5.74) is 2.38. The molecule has 20 heavy (non-hydrogen) atoms. The Kier molecular flexibility index (Phi) is 4.93. The van der Waals surface area contributed by atoms with E-state index in [4.69, 9.17) is 4.74 Å². The highest BCUT2D eigenvalue weighted by molar-refractivity contribution is 5.72. The number of nitrogens with zero attached hydrogens (tertiary/aromatic N) is 2. The first-order valence-corrected chi connectivity index (χ1v) is 7.38. The average Bonchev–Trinajstić information content (AvgIpc) is 2.44. The lowest BCUT2D eigenvalue weighted by atomic mass is 9.96. The lowest BCUT2D eigenvalue weighted by molar-refractivity contribution is -0.146. The fraction of sp³-hybridized carbons (Fsp3) is 0.667. The van der Waals surface area contributed by atoms with Crippen molar-refractivity contribution < 1.29 is 9.53 Å². The van der Waals surface area contributed by atoms with E-state index >= 15 is 0 Å². The molecule has 1 atom stereocenters. The summed E-state index contributed by atoms with van der Waals surface area (Å²) in [4.78, 5) is 20.6. The Labute approximate surface area is 120 Å². The predicted molar refractivity (Wildman–Crippen MR) is 77.7 cm³/mol. The number of nitrogens with one attached hydrogen (secondary N) is 1. The van der Waals surface area contributed by atoms with E-state index in [1.54, 1.807) is 0 Å². The number of carbonyl (C=O) groups excluding carboxylic acids is 1. The third-order valence-electron chi connectivity index (χ3n) is 3.56. The highest BCUT2D eigenvalue weighted by Crippen LogP contribution is 2.25. The van der Waals surface area contributed by atoms with Crippen LogP contribution in [0.15, 0.2) is 0 Å². The maximum absolute atomic E-state index is 11.6. The monoisotopic (exact) mass is 277 g/mol. The maximum Gasteiger partial charge on any atom is 0.310 e. The van der Waals surface area contributed by atoms with E-state index in [1.165, 1.54) is 18.4 Å². The van der Waals surface area contributed by atoms with Crippen LogP contribution in [0.4, 0.5) is 5.82 Å². The van der Waals surface area contributed by atoms with E-state index in [-0.39, 0.29) is 11.9 Å². The van der Waals surface area contributed by atoms with E-state index in [9.17, 15) is 4.79 Å². The molecular formula is C15H23N3O2. The molecular weight excluding hydrogens is 254 g/mol. The topological polar surface area (TPSA) is 64.1 Å². The highest BCUT2D eigenvalue weighted by atomic mass is 16.5. The van der Waals surface area contributed by atoms with E-state index in [0.717, 1.165) is 30.2 Å². The molecule has 0 aliphatic heterocycles. The van der Waals surface area contributed by atoms with Crippen LogP contribution in [-0.2, 0) is 22.4 Å². The number of carbonyl (C=O) groups is 1. The molecule has 0 bridgehead atoms. The van der Waals surface area contributed by atoms with Gasteiger partial charge < -0.3 is 10.1 Å². The normalized spacial score (nSPS) is 15.3. The molecule has 0 radical (unpaired) electrons. The van der Waals surface area contributed by atoms with Gasteiger partial charge in [-0.2, -0.15) is 0 Å². The summed E-state index contributed by atoms with van der Waals surface area (Å²) in [5, 5.41) is 3.30. The molecule has 1 aromatic heterocycles. The van der Waals surface area contributed by atoms with Crippen LogP contribution >= 0.6 is 0 Å². The lowest BCUT2D eigenvalue weighted by Gasteiger charge is -2.20. The molecule has 5 nitrogen and oxygen atoms in total. The SMILES string of the molecule is CCOC(=O)C(C)CNc1nc(C)nc2c1CCCC2. The minimum absolute atomic E-state index is 0.167. The fourth-order valence-corrected chi connectivity index (χ4v) is 2.48. The van der Waals surface area contributed by atoms with E-state index in [0.29, 0.717) is 13.2 Å². The summed E-state index contributed by atoms with van der Waals surface area (Å²) in [6.07, 6.45) is 4.43. The third kappa shape index (κ3) is 3.46. The molecule has 1 aromatic rings. The average molecular weight is 277 g/mol. The molecule has 0 aromatic carbocycles. The van der Waals surface area contributed by atoms with Crippen molar-refractivity contribution in [3.05, 3.63) is 17.1 Å². The fourth-order valence-electron chi connectivity index (χ4n) is 2.48. The largest absolute Gasteiger partial charge is 0.466 e. The van der Waals surface area contributed by atoms with Crippen molar-refractivity contribution in [2.24, 2.45) is 5.92 Å². The van der Waals surface area contributed by atoms with Crippen molar-refractivity contribution in [2.45, 2.75) is 46.5 Å². The van der Waals surface area contributed by atoms with E-state index in [2.05, 4.69) is 15.3 Å². The maximum atomic E-state index is 11.6. The van der Waals surface area contributed by atoms with Gasteiger partial charge in [0.1, 0.15) is 11.6 Å². The molecule has 1 aliphatic rings. The van der Waals surface area contributed by atoms with Crippen LogP contribution < -0.4 is 5.32 Å². The summed E-state index contributed by atoms with van der Waals surface area (Å²) in [6, 6.07) is 0. The van der Waals surface area contributed by atoms with Crippen LogP contribution in [-0.4, -0.2) is 29.1 Å². The second-order valence-electron chi connectivity index (χ2n) is 5.29. The number of ether oxygens (including phenoxy) is 1. The van der Waals surface area contributed by atoms with Gasteiger partial charge in [-0.15, -0.1) is 0 Å². The molecule has 0 saturated carbocycles. The van der Waals surface area contributed by atoms with Gasteiger partial charge in [0, 0.05) is 17.8 Å². The summed E-state index contributed by atoms with van der Waals surface area (Å²) < 4.78 is 5.02. The second-order valence-corrected chi connectivity index (χ2v) is 5.29. The van der Waals surface area contributed by atoms with Gasteiger partial charge in [-0.3, -0.25) is 4.79 Å². The van der Waals surface area contributed by atoms with Crippen LogP contribution in [0, 0.1) is 12.8 Å². The molecule has 1 heterocycles. The summed E-state index contributed by atoms with van der Waals surface area (Å²) >= 11 is 0. The van der Waals surface area contributed by atoms with Gasteiger partial charge in [-0.05, 0) is 39.5 Å². The first-order valence-electron chi connectivity index (χ1n) is 7.38. The number of hydrogen-bond acceptors (Lipinski definition) is 5. The Hall–Kier alpha value is -1.65. The first-order chi connectivity index (χ1) is 9.61. The molecule has 0 spiro atoms. The van der Waals surface area contributed by atoms with Crippen molar-refractivity contribution in [3.8, 4) is 0 Å². The number of aromatic nitrogens is 2. The molecule has 2 rings (SSSR count). The van der Waals surface area contributed by atoms with Gasteiger partial charge >= 0.3 is 5.97 Å². The van der Waals surface area contributed by atoms with Gasteiger partial charge in [-0.1, -0.05) is 6.92 Å². The van der Waals surface area contributed by atoms with Crippen molar-refractivity contribution in [1.29, 1.82) is 0 Å². The van der Waals surface area contributed by atoms with Crippen molar-refractivity contribution in [1.82, 2.24) is 9.97 Å². The lowest BCUT2D eigenvalue weighted by Crippen LogP contribution is -2.24. The van der Waals surface area contributed by atoms with Crippen LogP contribution in [0.2, 0.25) is 0 Å². The second kappa shape index (κ2) is 6.68. The zero-order valence-corrected chi connectivity index (χ0v) is 12.5. The summed E-state index contributed by atoms with van der Waals surface area (Å²) in [6.45, 7) is 6.56. The van der Waals surface area contributed by atoms with Gasteiger partial charge in [0.15, 0.2) is 0 Å². The molecule has 0 amide bonds. The van der Waals surface area contributed by atoms with Crippen LogP contribution in [0.25, 0.3) is 0 Å². The van der Waals surface area contributed by atoms with Gasteiger partial charge in [0.25, 0.3) is 0 Å². The molecule has 110 valence electrons. The van der Waals surface area contributed by atoms with Gasteiger partial charge in [0.2, 0.25) is 0 Å². The van der Waals surface area contributed by atoms with E-state index in [1.807, 2.05) is 20.8 Å². The number of anilines is 1. The Morgan fingerprint density at radius 2 is 2.10 bits per heavy atom. The number of esters is 1. The Balaban J connectivity index is 2.06. The number of aryl methyl sites for hydroxylation is 2. The number of hydrogen-bond donors (Lipinski definition) is 1. The van der Waals surface area contributed by atoms with Crippen LogP contribution in [0.3, 0.4) is 0 Å². The summed E-state index contributed by atoms with van der Waals surface area (Å²) in [7, 11) is 0. The Bertz CT molecular complexity index is 488. The predicted octanol–water partition coefficient (Wildman–Crippen LogP) is 2.27. The zero-order chi connectivity index (χ0) is 14.5. The van der Waals surface area contributed by atoms with Crippen molar-refractivity contribution >= 4 is 11.8 Å². The van der Waals surface area contributed by atoms with Gasteiger partial charge in [-0.25, -0.2) is 9.97 Å². The minimum Gasteiger partial charge on any atom is -0.466 e. The molecule has 1 unspecified atom stereocenters. The Morgan fingerprint density at radius 3 is 2.85 bits per heavy atom. The molecule has 1 N–H and O–H groups in total. The van der Waals surface area contributed by atoms with Gasteiger partial charge in [0.05, 0.1) is 12.5 Å². The molecule has 1 aliphatic carbocycles. The standard InChI is InChI=1S/C15H23N3O2/c1-4-20-15(19)10(2)9-16-14-12-7-5-6-8-13(12)17-11(3)18-14/h10H,4-9H2,1-3H3,(H,16,17,18). The summed E-state index contributed by atoms with van der Waals surface area (Å²) in [5.74, 6) is 1.34. The van der Waals surface area contributed by atoms with Crippen LogP contribution in [0.5, 0.6) is 0 Å². The number of rotatable bonds is 5. The molecule has 5 heteroatoms. The smallest absolute Gasteiger partial charge is 0.310 e. The van der Waals surface area contributed by atoms with E-state index < -0.39 is 0 Å².